The molecule has 28 heavy (non-hydrogen) atoms. The molecule has 1 heterocycles. The van der Waals surface area contributed by atoms with E-state index in [4.69, 9.17) is 9.84 Å². The Kier molecular flexibility index (Phi) is 7.08. The van der Waals surface area contributed by atoms with Gasteiger partial charge in [-0.05, 0) is 51.1 Å². The molecule has 0 atom stereocenters. The van der Waals surface area contributed by atoms with Crippen molar-refractivity contribution in [3.63, 3.8) is 0 Å². The summed E-state index contributed by atoms with van der Waals surface area (Å²) < 4.78 is 6.00. The van der Waals surface area contributed by atoms with Crippen molar-refractivity contribution in [1.29, 1.82) is 0 Å². The van der Waals surface area contributed by atoms with Crippen LogP contribution in [0.25, 0.3) is 0 Å². The van der Waals surface area contributed by atoms with E-state index >= 15 is 0 Å². The number of rotatable bonds is 9. The number of amides is 2. The lowest BCUT2D eigenvalue weighted by Gasteiger charge is -2.42. The second-order valence-corrected chi connectivity index (χ2v) is 7.60. The Bertz CT molecular complexity index is 672. The van der Waals surface area contributed by atoms with Crippen molar-refractivity contribution in [2.45, 2.75) is 70.2 Å². The molecule has 1 aromatic rings. The molecule has 3 rings (SSSR count). The normalized spacial score (nSPS) is 21.9. The van der Waals surface area contributed by atoms with E-state index in [-0.39, 0.29) is 30.8 Å². The van der Waals surface area contributed by atoms with Crippen LogP contribution in [0.2, 0.25) is 0 Å². The van der Waals surface area contributed by atoms with E-state index in [0.717, 1.165) is 31.2 Å². The first-order valence-corrected chi connectivity index (χ1v) is 10.2. The number of hydrogen-bond acceptors (Lipinski definition) is 5. The van der Waals surface area contributed by atoms with E-state index in [1.54, 1.807) is 6.20 Å². The standard InChI is InChI=1S/C20H30N4O4/c1-2-24(13-18(25)26)16-10-15(11-16)23-20(27)22-12-14-6-5-9-21-19(14)28-17-7-3-4-8-17/h5-6,9,15-17H,2-4,7-8,10-13H2,1H3,(H,25,26)(H2,22,23,27). The van der Waals surface area contributed by atoms with Crippen LogP contribution in [-0.4, -0.2) is 58.3 Å². The molecule has 0 aliphatic heterocycles. The third-order valence-corrected chi connectivity index (χ3v) is 5.58. The van der Waals surface area contributed by atoms with E-state index in [0.29, 0.717) is 19.0 Å². The lowest BCUT2D eigenvalue weighted by molar-refractivity contribution is -0.139. The van der Waals surface area contributed by atoms with E-state index in [1.165, 1.54) is 12.8 Å². The highest BCUT2D eigenvalue weighted by atomic mass is 16.5. The first kappa shape index (κ1) is 20.4. The van der Waals surface area contributed by atoms with Gasteiger partial charge in [0, 0.05) is 30.4 Å². The van der Waals surface area contributed by atoms with Crippen LogP contribution in [0.4, 0.5) is 4.79 Å². The molecule has 8 nitrogen and oxygen atoms in total. The predicted octanol–water partition coefficient (Wildman–Crippen LogP) is 2.14. The van der Waals surface area contributed by atoms with Crippen molar-refractivity contribution in [2.75, 3.05) is 13.1 Å². The summed E-state index contributed by atoms with van der Waals surface area (Å²) in [5.41, 5.74) is 0.870. The predicted molar refractivity (Wildman–Crippen MR) is 104 cm³/mol. The number of aliphatic carboxylic acids is 1. The minimum Gasteiger partial charge on any atom is -0.480 e. The van der Waals surface area contributed by atoms with E-state index in [9.17, 15) is 9.59 Å². The lowest BCUT2D eigenvalue weighted by atomic mass is 9.85. The molecule has 2 aliphatic rings. The second kappa shape index (κ2) is 9.73. The number of carbonyl (C=O) groups is 2. The number of urea groups is 1. The molecule has 3 N–H and O–H groups in total. The molecule has 2 saturated carbocycles. The van der Waals surface area contributed by atoms with Gasteiger partial charge in [-0.15, -0.1) is 0 Å². The molecule has 0 aromatic carbocycles. The summed E-state index contributed by atoms with van der Waals surface area (Å²) in [5.74, 6) is -0.214. The van der Waals surface area contributed by atoms with Gasteiger partial charge >= 0.3 is 12.0 Å². The van der Waals surface area contributed by atoms with Crippen LogP contribution in [0.15, 0.2) is 18.3 Å². The zero-order valence-corrected chi connectivity index (χ0v) is 16.4. The van der Waals surface area contributed by atoms with Gasteiger partial charge in [0.1, 0.15) is 6.10 Å². The van der Waals surface area contributed by atoms with Gasteiger partial charge in [-0.25, -0.2) is 9.78 Å². The van der Waals surface area contributed by atoms with Gasteiger partial charge in [-0.1, -0.05) is 13.0 Å². The monoisotopic (exact) mass is 390 g/mol. The Morgan fingerprint density at radius 2 is 2.07 bits per heavy atom. The maximum Gasteiger partial charge on any atom is 0.317 e. The summed E-state index contributed by atoms with van der Waals surface area (Å²) in [4.78, 5) is 29.4. The van der Waals surface area contributed by atoms with Crippen LogP contribution in [0.3, 0.4) is 0 Å². The van der Waals surface area contributed by atoms with Crippen molar-refractivity contribution in [1.82, 2.24) is 20.5 Å². The van der Waals surface area contributed by atoms with Crippen molar-refractivity contribution >= 4 is 12.0 Å². The molecular weight excluding hydrogens is 360 g/mol. The number of carboxylic acid groups (broad SMARTS) is 1. The Labute approximate surface area is 165 Å². The third kappa shape index (κ3) is 5.58. The first-order valence-electron chi connectivity index (χ1n) is 10.2. The van der Waals surface area contributed by atoms with Gasteiger partial charge in [0.2, 0.25) is 5.88 Å². The molecular formula is C20H30N4O4. The summed E-state index contributed by atoms with van der Waals surface area (Å²) in [7, 11) is 0. The summed E-state index contributed by atoms with van der Waals surface area (Å²) in [5, 5.41) is 14.8. The summed E-state index contributed by atoms with van der Waals surface area (Å²) in [6, 6.07) is 3.84. The van der Waals surface area contributed by atoms with Gasteiger partial charge in [-0.2, -0.15) is 0 Å². The van der Waals surface area contributed by atoms with Gasteiger partial charge < -0.3 is 20.5 Å². The second-order valence-electron chi connectivity index (χ2n) is 7.60. The van der Waals surface area contributed by atoms with Crippen LogP contribution < -0.4 is 15.4 Å². The highest BCUT2D eigenvalue weighted by Gasteiger charge is 2.34. The smallest absolute Gasteiger partial charge is 0.317 e. The number of nitrogens with one attached hydrogen (secondary N) is 2. The number of carbonyl (C=O) groups excluding carboxylic acids is 1. The molecule has 2 aliphatic carbocycles. The maximum absolute atomic E-state index is 12.2. The number of nitrogens with zero attached hydrogens (tertiary/aromatic N) is 2. The van der Waals surface area contributed by atoms with Gasteiger partial charge in [0.25, 0.3) is 0 Å². The first-order chi connectivity index (χ1) is 13.5. The SMILES string of the molecule is CCN(CC(=O)O)C1CC(NC(=O)NCc2cccnc2OC2CCCC2)C1. The van der Waals surface area contributed by atoms with Crippen molar-refractivity contribution in [3.8, 4) is 5.88 Å². The fourth-order valence-electron chi connectivity index (χ4n) is 3.92. The molecule has 8 heteroatoms. The van der Waals surface area contributed by atoms with E-state index in [2.05, 4.69) is 15.6 Å². The highest BCUT2D eigenvalue weighted by Crippen LogP contribution is 2.26. The molecule has 1 aromatic heterocycles. The van der Waals surface area contributed by atoms with E-state index < -0.39 is 5.97 Å². The fraction of sp³-hybridized carbons (Fsp3) is 0.650. The van der Waals surface area contributed by atoms with Crippen LogP contribution in [0, 0.1) is 0 Å². The van der Waals surface area contributed by atoms with Crippen molar-refractivity contribution in [2.24, 2.45) is 0 Å². The Balaban J connectivity index is 1.41. The van der Waals surface area contributed by atoms with Gasteiger partial charge in [-0.3, -0.25) is 9.69 Å². The lowest BCUT2D eigenvalue weighted by Crippen LogP contribution is -2.56. The molecule has 0 saturated heterocycles. The Morgan fingerprint density at radius 1 is 1.32 bits per heavy atom. The molecule has 0 spiro atoms. The molecule has 0 unspecified atom stereocenters. The summed E-state index contributed by atoms with van der Waals surface area (Å²) in [6.07, 6.45) is 7.98. The van der Waals surface area contributed by atoms with Crippen LogP contribution >= 0.6 is 0 Å². The number of carboxylic acids is 1. The molecule has 2 fully saturated rings. The van der Waals surface area contributed by atoms with Crippen LogP contribution in [0.5, 0.6) is 5.88 Å². The largest absolute Gasteiger partial charge is 0.480 e. The minimum absolute atomic E-state index is 0.0465. The summed E-state index contributed by atoms with van der Waals surface area (Å²) >= 11 is 0. The third-order valence-electron chi connectivity index (χ3n) is 5.58. The number of pyridine rings is 1. The maximum atomic E-state index is 12.2. The van der Waals surface area contributed by atoms with Gasteiger partial charge in [0.05, 0.1) is 6.54 Å². The average molecular weight is 390 g/mol. The highest BCUT2D eigenvalue weighted by molar-refractivity contribution is 5.74. The molecule has 154 valence electrons. The number of hydrogen-bond donors (Lipinski definition) is 3. The Morgan fingerprint density at radius 3 is 2.75 bits per heavy atom. The molecule has 0 bridgehead atoms. The number of ether oxygens (including phenoxy) is 1. The van der Waals surface area contributed by atoms with Crippen molar-refractivity contribution < 1.29 is 19.4 Å². The zero-order chi connectivity index (χ0) is 19.9. The number of likely N-dealkylation sites (N-methyl/N-ethyl adjacent to an activating group) is 1. The number of aromatic nitrogens is 1. The molecule has 2 amide bonds. The topological polar surface area (TPSA) is 104 Å². The van der Waals surface area contributed by atoms with Crippen LogP contribution in [-0.2, 0) is 11.3 Å². The minimum atomic E-state index is -0.817. The van der Waals surface area contributed by atoms with E-state index in [1.807, 2.05) is 24.0 Å². The summed E-state index contributed by atoms with van der Waals surface area (Å²) in [6.45, 7) is 3.05. The average Bonchev–Trinajstić information content (AvgIpc) is 3.15. The zero-order valence-electron chi connectivity index (χ0n) is 16.4. The van der Waals surface area contributed by atoms with Crippen molar-refractivity contribution in [3.05, 3.63) is 23.9 Å². The fourth-order valence-corrected chi connectivity index (χ4v) is 3.92. The van der Waals surface area contributed by atoms with Gasteiger partial charge in [0.15, 0.2) is 0 Å². The Hall–Kier alpha value is -2.35. The van der Waals surface area contributed by atoms with Crippen LogP contribution in [0.1, 0.15) is 51.0 Å². The quantitative estimate of drug-likeness (QED) is 0.597. The molecule has 0 radical (unpaired) electrons.